The summed E-state index contributed by atoms with van der Waals surface area (Å²) in [5.41, 5.74) is 1.18. The zero-order valence-electron chi connectivity index (χ0n) is 20.0. The summed E-state index contributed by atoms with van der Waals surface area (Å²) in [7, 11) is 0. The van der Waals surface area contributed by atoms with Crippen molar-refractivity contribution in [1.29, 1.82) is 0 Å². The lowest BCUT2D eigenvalue weighted by molar-refractivity contribution is -0.124. The van der Waals surface area contributed by atoms with Crippen LogP contribution in [0, 0.1) is 0 Å². The number of amides is 5. The number of imide groups is 1. The van der Waals surface area contributed by atoms with E-state index >= 15 is 0 Å². The monoisotopic (exact) mass is 480 g/mol. The summed E-state index contributed by atoms with van der Waals surface area (Å²) < 4.78 is 5.07. The summed E-state index contributed by atoms with van der Waals surface area (Å²) in [6.45, 7) is 6.59. The van der Waals surface area contributed by atoms with Gasteiger partial charge in [0.05, 0.1) is 11.1 Å². The molecular formula is C25H28N4O6. The van der Waals surface area contributed by atoms with E-state index in [0.717, 1.165) is 10.5 Å². The van der Waals surface area contributed by atoms with Gasteiger partial charge in [-0.2, -0.15) is 0 Å². The summed E-state index contributed by atoms with van der Waals surface area (Å²) in [5.74, 6) is -1.87. The van der Waals surface area contributed by atoms with Crippen LogP contribution in [-0.4, -0.2) is 52.8 Å². The minimum atomic E-state index is -0.974. The van der Waals surface area contributed by atoms with Gasteiger partial charge in [0.15, 0.2) is 0 Å². The van der Waals surface area contributed by atoms with Gasteiger partial charge in [-0.3, -0.25) is 24.1 Å². The Bertz CT molecular complexity index is 1120. The minimum Gasteiger partial charge on any atom is -0.444 e. The Balaban J connectivity index is 1.47. The molecule has 1 atom stereocenters. The number of carbonyl (C=O) groups is 5. The summed E-state index contributed by atoms with van der Waals surface area (Å²) in [6, 6.07) is 12.2. The molecular weight excluding hydrogens is 452 g/mol. The Morgan fingerprint density at radius 1 is 0.914 bits per heavy atom. The predicted molar refractivity (Wildman–Crippen MR) is 128 cm³/mol. The topological polar surface area (TPSA) is 134 Å². The highest BCUT2D eigenvalue weighted by Gasteiger charge is 2.40. The summed E-state index contributed by atoms with van der Waals surface area (Å²) >= 11 is 0. The van der Waals surface area contributed by atoms with E-state index in [0.29, 0.717) is 5.69 Å². The number of benzene rings is 2. The van der Waals surface area contributed by atoms with Crippen LogP contribution >= 0.6 is 0 Å². The second kappa shape index (κ2) is 10.4. The Labute approximate surface area is 203 Å². The molecule has 3 rings (SSSR count). The molecule has 3 N–H and O–H groups in total. The van der Waals surface area contributed by atoms with Gasteiger partial charge in [-0.1, -0.05) is 24.3 Å². The molecule has 2 aromatic carbocycles. The highest BCUT2D eigenvalue weighted by molar-refractivity contribution is 6.22. The van der Waals surface area contributed by atoms with Crippen LogP contribution in [0.3, 0.4) is 0 Å². The van der Waals surface area contributed by atoms with Crippen molar-refractivity contribution in [3.63, 3.8) is 0 Å². The Kier molecular flexibility index (Phi) is 7.53. The molecule has 0 fully saturated rings. The van der Waals surface area contributed by atoms with Crippen molar-refractivity contribution in [2.75, 3.05) is 11.9 Å². The lowest BCUT2D eigenvalue weighted by Crippen LogP contribution is -2.47. The molecule has 1 heterocycles. The maximum Gasteiger partial charge on any atom is 0.408 e. The number of anilines is 1. The zero-order chi connectivity index (χ0) is 25.8. The summed E-state index contributed by atoms with van der Waals surface area (Å²) in [6.07, 6.45) is -0.686. The van der Waals surface area contributed by atoms with E-state index in [1.165, 1.54) is 6.92 Å². The number of ether oxygens (including phenoxy) is 1. The number of carbonyl (C=O) groups excluding carboxylic acids is 5. The average molecular weight is 481 g/mol. The average Bonchev–Trinajstić information content (AvgIpc) is 3.05. The maximum absolute atomic E-state index is 12.6. The van der Waals surface area contributed by atoms with Crippen LogP contribution in [0.5, 0.6) is 0 Å². The molecule has 0 radical (unpaired) electrons. The Morgan fingerprint density at radius 2 is 1.49 bits per heavy atom. The van der Waals surface area contributed by atoms with E-state index in [4.69, 9.17) is 4.74 Å². The summed E-state index contributed by atoms with van der Waals surface area (Å²) in [5, 5.41) is 7.75. The highest BCUT2D eigenvalue weighted by atomic mass is 16.6. The number of rotatable bonds is 7. The number of nitrogens with one attached hydrogen (secondary N) is 3. The molecule has 1 aliphatic rings. The molecule has 1 aliphatic heterocycles. The van der Waals surface area contributed by atoms with Crippen molar-refractivity contribution in [1.82, 2.24) is 15.5 Å². The van der Waals surface area contributed by atoms with Crippen LogP contribution in [0.4, 0.5) is 10.5 Å². The van der Waals surface area contributed by atoms with Gasteiger partial charge in [0.2, 0.25) is 11.8 Å². The van der Waals surface area contributed by atoms with E-state index in [-0.39, 0.29) is 24.2 Å². The third-order valence-corrected chi connectivity index (χ3v) is 5.09. The highest BCUT2D eigenvalue weighted by Crippen LogP contribution is 2.24. The predicted octanol–water partition coefficient (Wildman–Crippen LogP) is 2.45. The van der Waals surface area contributed by atoms with Crippen LogP contribution in [0.15, 0.2) is 48.5 Å². The molecule has 10 heteroatoms. The molecule has 0 spiro atoms. The fourth-order valence-corrected chi connectivity index (χ4v) is 3.39. The van der Waals surface area contributed by atoms with Gasteiger partial charge >= 0.3 is 6.09 Å². The van der Waals surface area contributed by atoms with E-state index in [2.05, 4.69) is 16.0 Å². The second-order valence-corrected chi connectivity index (χ2v) is 9.02. The van der Waals surface area contributed by atoms with Crippen molar-refractivity contribution in [2.45, 2.75) is 45.9 Å². The standard InChI is InChI=1S/C25H28N4O6/c1-15(29-22(32)18-7-5-6-8-19(18)23(29)33)21(31)26-13-16-9-11-17(12-10-16)28-20(30)14-27-24(34)35-25(2,3)4/h5-12,15H,13-14H2,1-4H3,(H,26,31)(H,27,34)(H,28,30). The first-order valence-corrected chi connectivity index (χ1v) is 11.1. The van der Waals surface area contributed by atoms with Gasteiger partial charge in [0, 0.05) is 12.2 Å². The van der Waals surface area contributed by atoms with Crippen molar-refractivity contribution in [2.24, 2.45) is 0 Å². The molecule has 35 heavy (non-hydrogen) atoms. The third-order valence-electron chi connectivity index (χ3n) is 5.09. The molecule has 10 nitrogen and oxygen atoms in total. The van der Waals surface area contributed by atoms with Crippen LogP contribution in [0.25, 0.3) is 0 Å². The normalized spacial score (nSPS) is 13.7. The molecule has 5 amide bonds. The first-order chi connectivity index (χ1) is 16.5. The van der Waals surface area contributed by atoms with Gasteiger partial charge in [-0.15, -0.1) is 0 Å². The van der Waals surface area contributed by atoms with Crippen molar-refractivity contribution >= 4 is 35.4 Å². The quantitative estimate of drug-likeness (QED) is 0.521. The van der Waals surface area contributed by atoms with E-state index < -0.39 is 41.4 Å². The van der Waals surface area contributed by atoms with Crippen LogP contribution in [-0.2, 0) is 20.9 Å². The molecule has 2 aromatic rings. The van der Waals surface area contributed by atoms with Crippen LogP contribution < -0.4 is 16.0 Å². The number of hydrogen-bond acceptors (Lipinski definition) is 6. The Hall–Kier alpha value is -4.21. The molecule has 184 valence electrons. The smallest absolute Gasteiger partial charge is 0.408 e. The van der Waals surface area contributed by atoms with Gasteiger partial charge in [-0.25, -0.2) is 4.79 Å². The third kappa shape index (κ3) is 6.44. The lowest BCUT2D eigenvalue weighted by atomic mass is 10.1. The SMILES string of the molecule is CC(C(=O)NCc1ccc(NC(=O)CNC(=O)OC(C)(C)C)cc1)N1C(=O)c2ccccc2C1=O. The van der Waals surface area contributed by atoms with E-state index in [1.807, 2.05) is 0 Å². The van der Waals surface area contributed by atoms with Crippen LogP contribution in [0.2, 0.25) is 0 Å². The van der Waals surface area contributed by atoms with Gasteiger partial charge in [0.25, 0.3) is 11.8 Å². The van der Waals surface area contributed by atoms with Gasteiger partial charge in [-0.05, 0) is 57.5 Å². The number of hydrogen-bond donors (Lipinski definition) is 3. The first-order valence-electron chi connectivity index (χ1n) is 11.1. The fraction of sp³-hybridized carbons (Fsp3) is 0.320. The number of nitrogens with zero attached hydrogens (tertiary/aromatic N) is 1. The van der Waals surface area contributed by atoms with E-state index in [9.17, 15) is 24.0 Å². The van der Waals surface area contributed by atoms with Gasteiger partial charge in [0.1, 0.15) is 18.2 Å². The Morgan fingerprint density at radius 3 is 2.03 bits per heavy atom. The molecule has 0 aromatic heterocycles. The summed E-state index contributed by atoms with van der Waals surface area (Å²) in [4.78, 5) is 62.3. The van der Waals surface area contributed by atoms with Crippen molar-refractivity contribution < 1.29 is 28.7 Å². The lowest BCUT2D eigenvalue weighted by Gasteiger charge is -2.21. The molecule has 1 unspecified atom stereocenters. The van der Waals surface area contributed by atoms with Gasteiger partial charge < -0.3 is 20.7 Å². The molecule has 0 aliphatic carbocycles. The zero-order valence-corrected chi connectivity index (χ0v) is 20.0. The van der Waals surface area contributed by atoms with Crippen LogP contribution in [0.1, 0.15) is 54.0 Å². The van der Waals surface area contributed by atoms with Crippen molar-refractivity contribution in [3.8, 4) is 0 Å². The maximum atomic E-state index is 12.6. The largest absolute Gasteiger partial charge is 0.444 e. The second-order valence-electron chi connectivity index (χ2n) is 9.02. The molecule has 0 saturated heterocycles. The molecule has 0 bridgehead atoms. The van der Waals surface area contributed by atoms with E-state index in [1.54, 1.807) is 69.3 Å². The van der Waals surface area contributed by atoms with Crippen molar-refractivity contribution in [3.05, 3.63) is 65.2 Å². The first kappa shape index (κ1) is 25.4. The number of fused-ring (bicyclic) bond motifs is 1. The number of alkyl carbamates (subject to hydrolysis) is 1. The molecule has 0 saturated carbocycles. The minimum absolute atomic E-state index is 0.167. The fourth-order valence-electron chi connectivity index (χ4n) is 3.39.